The third kappa shape index (κ3) is 8.18. The second-order valence-corrected chi connectivity index (χ2v) is 20.3. The highest BCUT2D eigenvalue weighted by Crippen LogP contribution is 2.43. The Morgan fingerprint density at radius 1 is 0.702 bits per heavy atom. The number of hydrogen-bond acceptors (Lipinski definition) is 7. The van der Waals surface area contributed by atoms with Gasteiger partial charge in [-0.25, -0.2) is 0 Å². The molecular weight excluding hydrogens is 731 g/mol. The number of hydrogen-bond donors (Lipinski definition) is 1. The van der Waals surface area contributed by atoms with Gasteiger partial charge in [-0.3, -0.25) is 4.79 Å². The largest absolute Gasteiger partial charge is 0.497 e. The van der Waals surface area contributed by atoms with Gasteiger partial charge in [-0.2, -0.15) is 0 Å². The van der Waals surface area contributed by atoms with Crippen molar-refractivity contribution in [3.63, 3.8) is 0 Å². The van der Waals surface area contributed by atoms with Crippen molar-refractivity contribution in [3.8, 4) is 11.5 Å². The smallest absolute Gasteiger partial charge is 0.261 e. The van der Waals surface area contributed by atoms with Gasteiger partial charge in [-0.05, 0) is 69.2 Å². The van der Waals surface area contributed by atoms with Gasteiger partial charge < -0.3 is 33.4 Å². The van der Waals surface area contributed by atoms with Crippen molar-refractivity contribution in [2.24, 2.45) is 0 Å². The van der Waals surface area contributed by atoms with Crippen LogP contribution >= 0.6 is 0 Å². The standard InChI is InChI=1S/C48H55NO7Si/c1-47(2,3)57(41-17-11-7-12-18-41,42-19-13-8-14-20-42)56-40-29-30-45(51)49(32-31-40)46-33-43(50)44(55-46)34-54-48(35-15-9-6-10-16-35,36-21-25-38(52-4)26-22-36)37-23-27-39(53-5)28-24-37/h6-28,40,43-44,46,50H,29-34H2,1-5H3/t40-,43-,44+,46+/m0/s1. The van der Waals surface area contributed by atoms with Crippen LogP contribution in [0.4, 0.5) is 0 Å². The number of nitrogens with zero attached hydrogens (tertiary/aromatic N) is 1. The van der Waals surface area contributed by atoms with Crippen molar-refractivity contribution in [2.75, 3.05) is 27.4 Å². The molecule has 5 aromatic rings. The van der Waals surface area contributed by atoms with Crippen LogP contribution in [-0.4, -0.2) is 76.1 Å². The fraction of sp³-hybridized carbons (Fsp3) is 0.354. The maximum Gasteiger partial charge on any atom is 0.261 e. The maximum absolute atomic E-state index is 13.9. The van der Waals surface area contributed by atoms with Gasteiger partial charge >= 0.3 is 0 Å². The van der Waals surface area contributed by atoms with E-state index in [1.807, 2.05) is 95.9 Å². The Morgan fingerprint density at radius 2 is 1.19 bits per heavy atom. The van der Waals surface area contributed by atoms with E-state index >= 15 is 0 Å². The van der Waals surface area contributed by atoms with E-state index in [0.717, 1.165) is 28.2 Å². The van der Waals surface area contributed by atoms with Crippen LogP contribution in [0, 0.1) is 0 Å². The molecule has 9 heteroatoms. The van der Waals surface area contributed by atoms with E-state index in [9.17, 15) is 9.90 Å². The van der Waals surface area contributed by atoms with Crippen LogP contribution in [0.3, 0.4) is 0 Å². The van der Waals surface area contributed by atoms with Crippen molar-refractivity contribution in [1.82, 2.24) is 4.90 Å². The molecule has 0 bridgehead atoms. The molecule has 57 heavy (non-hydrogen) atoms. The predicted molar refractivity (Wildman–Crippen MR) is 226 cm³/mol. The number of benzene rings is 5. The summed E-state index contributed by atoms with van der Waals surface area (Å²) >= 11 is 0. The number of amides is 1. The molecular formula is C48H55NO7Si. The predicted octanol–water partition coefficient (Wildman–Crippen LogP) is 7.45. The van der Waals surface area contributed by atoms with Gasteiger partial charge in [0.25, 0.3) is 8.32 Å². The number of ether oxygens (including phenoxy) is 4. The summed E-state index contributed by atoms with van der Waals surface area (Å²) < 4.78 is 32.1. The zero-order valence-electron chi connectivity index (χ0n) is 33.7. The van der Waals surface area contributed by atoms with Crippen LogP contribution in [0.2, 0.25) is 5.04 Å². The molecule has 2 heterocycles. The first-order valence-electron chi connectivity index (χ1n) is 20.0. The maximum atomic E-state index is 13.9. The molecule has 2 aliphatic rings. The van der Waals surface area contributed by atoms with Gasteiger partial charge in [0.05, 0.1) is 26.9 Å². The number of rotatable bonds is 13. The molecule has 5 aromatic carbocycles. The molecule has 2 saturated heterocycles. The van der Waals surface area contributed by atoms with E-state index in [1.54, 1.807) is 14.2 Å². The summed E-state index contributed by atoms with van der Waals surface area (Å²) in [5, 5.41) is 13.8. The van der Waals surface area contributed by atoms with Crippen molar-refractivity contribution in [2.45, 2.75) is 81.6 Å². The lowest BCUT2D eigenvalue weighted by atomic mass is 9.80. The van der Waals surface area contributed by atoms with E-state index in [1.165, 1.54) is 10.4 Å². The Bertz CT molecular complexity index is 1950. The molecule has 0 unspecified atom stereocenters. The van der Waals surface area contributed by atoms with Crippen molar-refractivity contribution in [3.05, 3.63) is 156 Å². The van der Waals surface area contributed by atoms with E-state index in [4.69, 9.17) is 23.4 Å². The van der Waals surface area contributed by atoms with Crippen molar-refractivity contribution >= 4 is 24.6 Å². The average Bonchev–Trinajstić information content (AvgIpc) is 3.51. The summed E-state index contributed by atoms with van der Waals surface area (Å²) in [4.78, 5) is 15.7. The molecule has 2 fully saturated rings. The Morgan fingerprint density at radius 3 is 1.68 bits per heavy atom. The topological polar surface area (TPSA) is 86.7 Å². The van der Waals surface area contributed by atoms with E-state index in [0.29, 0.717) is 32.2 Å². The monoisotopic (exact) mass is 785 g/mol. The molecule has 1 amide bonds. The molecule has 0 spiro atoms. The number of likely N-dealkylation sites (tertiary alicyclic amines) is 1. The van der Waals surface area contributed by atoms with Crippen LogP contribution in [0.5, 0.6) is 11.5 Å². The molecule has 0 aliphatic carbocycles. The minimum absolute atomic E-state index is 0.0115. The fourth-order valence-electron chi connectivity index (χ4n) is 8.68. The molecule has 2 aliphatic heterocycles. The van der Waals surface area contributed by atoms with Crippen LogP contribution in [0.15, 0.2) is 140 Å². The third-order valence-corrected chi connectivity index (χ3v) is 16.7. The minimum atomic E-state index is -2.81. The van der Waals surface area contributed by atoms with Crippen LogP contribution in [0.1, 0.15) is 63.1 Å². The quantitative estimate of drug-likeness (QED) is 0.0982. The Balaban J connectivity index is 1.12. The molecule has 0 radical (unpaired) electrons. The van der Waals surface area contributed by atoms with Gasteiger partial charge in [0, 0.05) is 25.5 Å². The summed E-state index contributed by atoms with van der Waals surface area (Å²) in [5.74, 6) is 1.47. The molecule has 0 aromatic heterocycles. The molecule has 298 valence electrons. The third-order valence-electron chi connectivity index (χ3n) is 11.6. The first-order valence-corrected chi connectivity index (χ1v) is 21.9. The number of methoxy groups -OCH3 is 2. The Labute approximate surface area is 338 Å². The van der Waals surface area contributed by atoms with Gasteiger partial charge in [0.2, 0.25) is 5.91 Å². The SMILES string of the molecule is COc1ccc(C(OC[C@H]2O[C@@H](N3CC[C@@H](O[Si](c4ccccc4)(c4ccccc4)C(C)(C)C)CCC3=O)C[C@@H]2O)(c2ccccc2)c2ccc(OC)cc2)cc1. The zero-order chi connectivity index (χ0) is 40.0. The van der Waals surface area contributed by atoms with Gasteiger partial charge in [-0.15, -0.1) is 0 Å². The highest BCUT2D eigenvalue weighted by molar-refractivity contribution is 6.99. The average molecular weight is 786 g/mol. The van der Waals surface area contributed by atoms with E-state index < -0.39 is 32.4 Å². The van der Waals surface area contributed by atoms with Crippen LogP contribution < -0.4 is 19.8 Å². The Kier molecular flexibility index (Phi) is 12.3. The normalized spacial score (nSPS) is 20.6. The lowest BCUT2D eigenvalue weighted by Gasteiger charge is -2.45. The molecule has 4 atom stereocenters. The van der Waals surface area contributed by atoms with Crippen LogP contribution in [-0.2, 0) is 24.3 Å². The van der Waals surface area contributed by atoms with Gasteiger partial charge in [0.15, 0.2) is 0 Å². The highest BCUT2D eigenvalue weighted by Gasteiger charge is 2.52. The zero-order valence-corrected chi connectivity index (χ0v) is 34.7. The lowest BCUT2D eigenvalue weighted by molar-refractivity contribution is -0.149. The number of carbonyl (C=O) groups is 1. The summed E-state index contributed by atoms with van der Waals surface area (Å²) in [5.41, 5.74) is 1.63. The first kappa shape index (κ1) is 40.4. The summed E-state index contributed by atoms with van der Waals surface area (Å²) in [7, 11) is 0.480. The number of aliphatic hydroxyl groups excluding tert-OH is 1. The highest BCUT2D eigenvalue weighted by atomic mass is 28.4. The number of carbonyl (C=O) groups excluding carboxylic acids is 1. The fourth-order valence-corrected chi connectivity index (χ4v) is 13.4. The van der Waals surface area contributed by atoms with Gasteiger partial charge in [0.1, 0.15) is 29.4 Å². The molecule has 1 N–H and O–H groups in total. The van der Waals surface area contributed by atoms with Crippen molar-refractivity contribution in [1.29, 1.82) is 0 Å². The first-order chi connectivity index (χ1) is 27.6. The van der Waals surface area contributed by atoms with Crippen LogP contribution in [0.25, 0.3) is 0 Å². The second-order valence-electron chi connectivity index (χ2n) is 16.1. The van der Waals surface area contributed by atoms with E-state index in [2.05, 4.69) is 69.3 Å². The van der Waals surface area contributed by atoms with Crippen molar-refractivity contribution < 1.29 is 33.3 Å². The summed E-state index contributed by atoms with van der Waals surface area (Å²) in [6.07, 6.45) is -0.304. The second kappa shape index (κ2) is 17.4. The summed E-state index contributed by atoms with van der Waals surface area (Å²) in [6, 6.07) is 47.0. The Hall–Kier alpha value is -4.77. The minimum Gasteiger partial charge on any atom is -0.497 e. The summed E-state index contributed by atoms with van der Waals surface area (Å²) in [6.45, 7) is 7.38. The molecule has 7 rings (SSSR count). The van der Waals surface area contributed by atoms with Gasteiger partial charge in [-0.1, -0.05) is 136 Å². The lowest BCUT2D eigenvalue weighted by Crippen LogP contribution is -2.67. The molecule has 0 saturated carbocycles. The van der Waals surface area contributed by atoms with E-state index in [-0.39, 0.29) is 23.7 Å². The number of aliphatic hydroxyl groups is 1. The molecule has 8 nitrogen and oxygen atoms in total.